The Kier molecular flexibility index (Phi) is 4.34. The van der Waals surface area contributed by atoms with E-state index in [9.17, 15) is 0 Å². The van der Waals surface area contributed by atoms with E-state index in [2.05, 4.69) is 23.8 Å². The summed E-state index contributed by atoms with van der Waals surface area (Å²) in [6, 6.07) is 10.3. The van der Waals surface area contributed by atoms with Gasteiger partial charge in [-0.25, -0.2) is 0 Å². The molecule has 3 fully saturated rings. The lowest BCUT2D eigenvalue weighted by Crippen LogP contribution is -1.75. The minimum absolute atomic E-state index is 0.409. The Morgan fingerprint density at radius 1 is 1.00 bits per heavy atom. The first-order valence-corrected chi connectivity index (χ1v) is 5.72. The molecule has 1 aromatic carbocycles. The highest BCUT2D eigenvalue weighted by Crippen LogP contribution is 2.28. The summed E-state index contributed by atoms with van der Waals surface area (Å²) in [6.45, 7) is 5.95. The fraction of sp³-hybridized carbons (Fsp3) is 0.538. The van der Waals surface area contributed by atoms with Crippen LogP contribution in [-0.4, -0.2) is 32.5 Å². The fourth-order valence-corrected chi connectivity index (χ4v) is 1.00. The Morgan fingerprint density at radius 3 is 1.81 bits per heavy atom. The molecule has 16 heavy (non-hydrogen) atoms. The molecular formula is C13H18O3. The predicted molar refractivity (Wildman–Crippen MR) is 61.4 cm³/mol. The van der Waals surface area contributed by atoms with Crippen molar-refractivity contribution in [2.45, 2.75) is 19.1 Å². The highest BCUT2D eigenvalue weighted by Gasteiger charge is 2.23. The Bertz CT molecular complexity index is 287. The van der Waals surface area contributed by atoms with E-state index in [1.807, 2.05) is 18.2 Å². The van der Waals surface area contributed by atoms with Gasteiger partial charge in [0.15, 0.2) is 0 Å². The maximum atomic E-state index is 5.09. The van der Waals surface area contributed by atoms with Crippen LogP contribution in [0.5, 0.6) is 0 Å². The molecule has 0 spiro atoms. The van der Waals surface area contributed by atoms with Gasteiger partial charge in [-0.3, -0.25) is 0 Å². The van der Waals surface area contributed by atoms with E-state index in [-0.39, 0.29) is 0 Å². The van der Waals surface area contributed by atoms with Crippen molar-refractivity contribution in [2.24, 2.45) is 0 Å². The van der Waals surface area contributed by atoms with Crippen LogP contribution in [0.1, 0.15) is 18.6 Å². The summed E-state index contributed by atoms with van der Waals surface area (Å²) in [5, 5.41) is 0. The minimum atomic E-state index is 0.409. The topological polar surface area (TPSA) is 37.6 Å². The molecule has 3 aliphatic rings. The summed E-state index contributed by atoms with van der Waals surface area (Å²) < 4.78 is 14.3. The maximum absolute atomic E-state index is 5.09. The van der Waals surface area contributed by atoms with Crippen LogP contribution in [-0.2, 0) is 14.2 Å². The van der Waals surface area contributed by atoms with E-state index in [0.29, 0.717) is 12.2 Å². The molecule has 3 aliphatic heterocycles. The van der Waals surface area contributed by atoms with Crippen molar-refractivity contribution in [1.82, 2.24) is 0 Å². The summed E-state index contributed by atoms with van der Waals surface area (Å²) in [5.74, 6) is 0. The van der Waals surface area contributed by atoms with Gasteiger partial charge in [0.05, 0.1) is 32.5 Å². The van der Waals surface area contributed by atoms with Gasteiger partial charge in [-0.2, -0.15) is 0 Å². The van der Waals surface area contributed by atoms with Crippen molar-refractivity contribution in [3.05, 3.63) is 35.9 Å². The largest absolute Gasteiger partial charge is 0.377 e. The molecule has 2 atom stereocenters. The highest BCUT2D eigenvalue weighted by atomic mass is 16.6. The van der Waals surface area contributed by atoms with Gasteiger partial charge in [-0.15, -0.1) is 0 Å². The number of epoxide rings is 3. The molecule has 2 unspecified atom stereocenters. The number of hydrogen-bond donors (Lipinski definition) is 0. The minimum Gasteiger partial charge on any atom is -0.377 e. The molecule has 0 N–H and O–H groups in total. The van der Waals surface area contributed by atoms with Gasteiger partial charge in [-0.1, -0.05) is 30.3 Å². The van der Waals surface area contributed by atoms with E-state index in [0.717, 1.165) is 26.4 Å². The van der Waals surface area contributed by atoms with Crippen LogP contribution in [0.4, 0.5) is 0 Å². The quantitative estimate of drug-likeness (QED) is 0.683. The summed E-state index contributed by atoms with van der Waals surface area (Å²) in [6.07, 6.45) is 0.992. The smallest absolute Gasteiger partial charge is 0.106 e. The molecule has 4 rings (SSSR count). The third-order valence-corrected chi connectivity index (χ3v) is 2.21. The summed E-state index contributed by atoms with van der Waals surface area (Å²) in [4.78, 5) is 0. The van der Waals surface area contributed by atoms with Crippen LogP contribution in [0.15, 0.2) is 30.3 Å². The molecule has 0 amide bonds. The first-order valence-electron chi connectivity index (χ1n) is 5.72. The first-order chi connectivity index (χ1) is 7.86. The second kappa shape index (κ2) is 5.99. The van der Waals surface area contributed by atoms with Gasteiger partial charge >= 0.3 is 0 Å². The van der Waals surface area contributed by atoms with Crippen LogP contribution in [0.25, 0.3) is 0 Å². The SMILES string of the molecule is C1CO1.CC1CO1.c1ccc(C2CO2)cc1. The first kappa shape index (κ1) is 11.6. The molecule has 0 radical (unpaired) electrons. The average molecular weight is 222 g/mol. The predicted octanol–water partition coefficient (Wildman–Crippen LogP) is 2.18. The Labute approximate surface area is 96.3 Å². The monoisotopic (exact) mass is 222 g/mol. The van der Waals surface area contributed by atoms with Gasteiger partial charge in [0.2, 0.25) is 0 Å². The average Bonchev–Trinajstić information content (AvgIpc) is 3.20. The molecule has 88 valence electrons. The summed E-state index contributed by atoms with van der Waals surface area (Å²) >= 11 is 0. The number of benzene rings is 1. The highest BCUT2D eigenvalue weighted by molar-refractivity contribution is 5.19. The molecule has 0 bridgehead atoms. The third-order valence-electron chi connectivity index (χ3n) is 2.21. The standard InChI is InChI=1S/C8H8O.C3H6O.C2H4O/c1-2-4-7(5-3-1)8-6-9-8;1-3-2-4-3;1-2-3-1/h1-5,8H,6H2;3H,2H2,1H3;1-2H2. The summed E-state index contributed by atoms with van der Waals surface area (Å²) in [7, 11) is 0. The molecule has 3 saturated heterocycles. The number of hydrogen-bond acceptors (Lipinski definition) is 3. The molecule has 0 aliphatic carbocycles. The van der Waals surface area contributed by atoms with Gasteiger partial charge in [0.1, 0.15) is 6.10 Å². The van der Waals surface area contributed by atoms with Gasteiger partial charge < -0.3 is 14.2 Å². The van der Waals surface area contributed by atoms with E-state index >= 15 is 0 Å². The second-order valence-electron chi connectivity index (χ2n) is 3.99. The van der Waals surface area contributed by atoms with Gasteiger partial charge in [-0.05, 0) is 12.5 Å². The Hall–Kier alpha value is -0.900. The van der Waals surface area contributed by atoms with E-state index in [1.165, 1.54) is 5.56 Å². The molecule has 3 heterocycles. The lowest BCUT2D eigenvalue weighted by molar-refractivity contribution is 0.415. The van der Waals surface area contributed by atoms with E-state index in [1.54, 1.807) is 0 Å². The van der Waals surface area contributed by atoms with Crippen LogP contribution in [0.2, 0.25) is 0 Å². The molecule has 1 aromatic rings. The second-order valence-corrected chi connectivity index (χ2v) is 3.99. The molecular weight excluding hydrogens is 204 g/mol. The Morgan fingerprint density at radius 2 is 1.50 bits per heavy atom. The van der Waals surface area contributed by atoms with Gasteiger partial charge in [0.25, 0.3) is 0 Å². The zero-order valence-electron chi connectivity index (χ0n) is 9.59. The molecule has 3 nitrogen and oxygen atoms in total. The zero-order chi connectivity index (χ0) is 11.2. The number of rotatable bonds is 1. The third kappa shape index (κ3) is 5.85. The maximum Gasteiger partial charge on any atom is 0.106 e. The van der Waals surface area contributed by atoms with Crippen molar-refractivity contribution in [3.63, 3.8) is 0 Å². The lowest BCUT2D eigenvalue weighted by Gasteiger charge is -1.89. The zero-order valence-corrected chi connectivity index (χ0v) is 9.59. The van der Waals surface area contributed by atoms with E-state index < -0.39 is 0 Å². The molecule has 3 heteroatoms. The van der Waals surface area contributed by atoms with Gasteiger partial charge in [0, 0.05) is 0 Å². The molecule has 0 saturated carbocycles. The summed E-state index contributed by atoms with van der Waals surface area (Å²) in [5.41, 5.74) is 1.30. The van der Waals surface area contributed by atoms with Crippen LogP contribution in [0, 0.1) is 0 Å². The van der Waals surface area contributed by atoms with E-state index in [4.69, 9.17) is 9.47 Å². The van der Waals surface area contributed by atoms with Crippen molar-refractivity contribution in [1.29, 1.82) is 0 Å². The normalized spacial score (nSPS) is 27.8. The van der Waals surface area contributed by atoms with Crippen molar-refractivity contribution >= 4 is 0 Å². The van der Waals surface area contributed by atoms with Crippen LogP contribution >= 0.6 is 0 Å². The van der Waals surface area contributed by atoms with Crippen LogP contribution in [0.3, 0.4) is 0 Å². The van der Waals surface area contributed by atoms with Crippen LogP contribution < -0.4 is 0 Å². The Balaban J connectivity index is 0.000000113. The lowest BCUT2D eigenvalue weighted by atomic mass is 10.2. The molecule has 0 aromatic heterocycles. The fourth-order valence-electron chi connectivity index (χ4n) is 1.00. The van der Waals surface area contributed by atoms with Crippen molar-refractivity contribution in [3.8, 4) is 0 Å². The van der Waals surface area contributed by atoms with Crippen molar-refractivity contribution < 1.29 is 14.2 Å². The van der Waals surface area contributed by atoms with Crippen molar-refractivity contribution in [2.75, 3.05) is 26.4 Å². The number of ether oxygens (including phenoxy) is 3.